The average molecular weight is 210 g/mol. The van der Waals surface area contributed by atoms with Crippen LogP contribution < -0.4 is 0 Å². The van der Waals surface area contributed by atoms with Crippen LogP contribution in [0.1, 0.15) is 21.4 Å². The summed E-state index contributed by atoms with van der Waals surface area (Å²) in [6.07, 6.45) is -6.92. The number of aliphatic hydroxyl groups excluding tert-OH is 1. The Hall–Kier alpha value is -0.550. The molecule has 74 valence electrons. The summed E-state index contributed by atoms with van der Waals surface area (Å²) in [5.74, 6) is 0. The van der Waals surface area contributed by atoms with Crippen molar-refractivity contribution in [1.82, 2.24) is 0 Å². The van der Waals surface area contributed by atoms with Crippen molar-refractivity contribution >= 4 is 11.3 Å². The number of thiophene rings is 1. The Morgan fingerprint density at radius 1 is 1.38 bits per heavy atom. The summed E-state index contributed by atoms with van der Waals surface area (Å²) in [6.45, 7) is 3.28. The zero-order valence-corrected chi connectivity index (χ0v) is 7.96. The molecule has 0 bridgehead atoms. The van der Waals surface area contributed by atoms with Gasteiger partial charge in [-0.1, -0.05) is 0 Å². The number of halogens is 3. The summed E-state index contributed by atoms with van der Waals surface area (Å²) in [5.41, 5.74) is -0.0324. The van der Waals surface area contributed by atoms with Gasteiger partial charge in [0.1, 0.15) is 0 Å². The molecular formula is C8H9F3OS. The highest BCUT2D eigenvalue weighted by molar-refractivity contribution is 7.12. The van der Waals surface area contributed by atoms with E-state index in [9.17, 15) is 13.2 Å². The third kappa shape index (κ3) is 2.22. The SMILES string of the molecule is Cc1cc([C@H](O)C(F)(F)F)c(C)s1. The molecule has 0 fully saturated rings. The first-order valence-electron chi connectivity index (χ1n) is 3.64. The van der Waals surface area contributed by atoms with Crippen LogP contribution in [-0.2, 0) is 0 Å². The van der Waals surface area contributed by atoms with Crippen molar-refractivity contribution in [2.24, 2.45) is 0 Å². The summed E-state index contributed by atoms with van der Waals surface area (Å²) in [5, 5.41) is 8.93. The maximum atomic E-state index is 12.1. The van der Waals surface area contributed by atoms with E-state index in [-0.39, 0.29) is 5.56 Å². The molecule has 0 amide bonds. The number of rotatable bonds is 1. The van der Waals surface area contributed by atoms with Crippen molar-refractivity contribution in [2.75, 3.05) is 0 Å². The van der Waals surface area contributed by atoms with E-state index in [2.05, 4.69) is 0 Å². The van der Waals surface area contributed by atoms with Crippen molar-refractivity contribution in [3.63, 3.8) is 0 Å². The standard InChI is InChI=1S/C8H9F3OS/c1-4-3-6(5(2)13-4)7(12)8(9,10)11/h3,7,12H,1-2H3/t7-/m0/s1. The summed E-state index contributed by atoms with van der Waals surface area (Å²) >= 11 is 1.25. The normalized spacial score (nSPS) is 14.6. The minimum Gasteiger partial charge on any atom is -0.379 e. The van der Waals surface area contributed by atoms with E-state index in [0.29, 0.717) is 4.88 Å². The van der Waals surface area contributed by atoms with Crippen molar-refractivity contribution in [3.05, 3.63) is 21.4 Å². The van der Waals surface area contributed by atoms with Gasteiger partial charge in [0, 0.05) is 15.3 Å². The molecule has 1 rings (SSSR count). The third-order valence-electron chi connectivity index (χ3n) is 1.68. The van der Waals surface area contributed by atoms with Crippen LogP contribution in [-0.4, -0.2) is 11.3 Å². The quantitative estimate of drug-likeness (QED) is 0.755. The van der Waals surface area contributed by atoms with E-state index < -0.39 is 12.3 Å². The molecule has 0 aliphatic carbocycles. The largest absolute Gasteiger partial charge is 0.418 e. The monoisotopic (exact) mass is 210 g/mol. The summed E-state index contributed by atoms with van der Waals surface area (Å²) < 4.78 is 36.2. The zero-order valence-electron chi connectivity index (χ0n) is 7.14. The zero-order chi connectivity index (χ0) is 10.2. The first kappa shape index (κ1) is 10.5. The number of hydrogen-bond donors (Lipinski definition) is 1. The van der Waals surface area contributed by atoms with E-state index >= 15 is 0 Å². The molecule has 0 saturated heterocycles. The number of aliphatic hydroxyl groups is 1. The van der Waals surface area contributed by atoms with Gasteiger partial charge in [0.15, 0.2) is 6.10 Å². The molecule has 0 aromatic carbocycles. The van der Waals surface area contributed by atoms with Crippen LogP contribution in [0.4, 0.5) is 13.2 Å². The molecule has 0 aliphatic heterocycles. The average Bonchev–Trinajstić information content (AvgIpc) is 2.26. The molecule has 0 radical (unpaired) electrons. The Labute approximate surface area is 77.8 Å². The number of aryl methyl sites for hydroxylation is 2. The minimum atomic E-state index is -4.57. The molecule has 0 saturated carbocycles. The predicted molar refractivity (Wildman–Crippen MR) is 44.8 cm³/mol. The van der Waals surface area contributed by atoms with Gasteiger partial charge in [0.2, 0.25) is 0 Å². The van der Waals surface area contributed by atoms with Crippen LogP contribution >= 0.6 is 11.3 Å². The Balaban J connectivity index is 3.01. The van der Waals surface area contributed by atoms with Crippen molar-refractivity contribution < 1.29 is 18.3 Å². The van der Waals surface area contributed by atoms with Crippen LogP contribution in [0.3, 0.4) is 0 Å². The molecule has 5 heteroatoms. The van der Waals surface area contributed by atoms with Crippen LogP contribution in [0, 0.1) is 13.8 Å². The van der Waals surface area contributed by atoms with E-state index in [1.165, 1.54) is 17.4 Å². The lowest BCUT2D eigenvalue weighted by Gasteiger charge is -2.13. The van der Waals surface area contributed by atoms with Crippen LogP contribution in [0.2, 0.25) is 0 Å². The molecular weight excluding hydrogens is 201 g/mol. The van der Waals surface area contributed by atoms with Gasteiger partial charge >= 0.3 is 6.18 Å². The molecule has 1 nitrogen and oxygen atoms in total. The molecule has 1 aromatic heterocycles. The maximum Gasteiger partial charge on any atom is 0.418 e. The van der Waals surface area contributed by atoms with E-state index in [0.717, 1.165) is 4.88 Å². The Bertz CT molecular complexity index is 303. The smallest absolute Gasteiger partial charge is 0.379 e. The fraction of sp³-hybridized carbons (Fsp3) is 0.500. The van der Waals surface area contributed by atoms with Crippen molar-refractivity contribution in [1.29, 1.82) is 0 Å². The van der Waals surface area contributed by atoms with Gasteiger partial charge in [-0.2, -0.15) is 13.2 Å². The summed E-state index contributed by atoms with van der Waals surface area (Å²) in [4.78, 5) is 1.29. The second-order valence-corrected chi connectivity index (χ2v) is 4.27. The Morgan fingerprint density at radius 2 is 1.92 bits per heavy atom. The van der Waals surface area contributed by atoms with Crippen LogP contribution in [0.5, 0.6) is 0 Å². The highest BCUT2D eigenvalue weighted by Gasteiger charge is 2.40. The van der Waals surface area contributed by atoms with Crippen molar-refractivity contribution in [2.45, 2.75) is 26.1 Å². The summed E-state index contributed by atoms with van der Waals surface area (Å²) in [6, 6.07) is 1.37. The second kappa shape index (κ2) is 3.31. The lowest BCUT2D eigenvalue weighted by atomic mass is 10.1. The van der Waals surface area contributed by atoms with Gasteiger partial charge in [0.05, 0.1) is 0 Å². The van der Waals surface area contributed by atoms with Gasteiger partial charge in [0.25, 0.3) is 0 Å². The molecule has 1 heterocycles. The van der Waals surface area contributed by atoms with E-state index in [1.54, 1.807) is 13.8 Å². The van der Waals surface area contributed by atoms with Gasteiger partial charge in [-0.05, 0) is 19.9 Å². The van der Waals surface area contributed by atoms with Gasteiger partial charge in [-0.3, -0.25) is 0 Å². The molecule has 1 N–H and O–H groups in total. The van der Waals surface area contributed by atoms with Crippen LogP contribution in [0.15, 0.2) is 6.07 Å². The van der Waals surface area contributed by atoms with Gasteiger partial charge < -0.3 is 5.11 Å². The molecule has 0 spiro atoms. The lowest BCUT2D eigenvalue weighted by Crippen LogP contribution is -2.20. The Morgan fingerprint density at radius 3 is 2.23 bits per heavy atom. The topological polar surface area (TPSA) is 20.2 Å². The predicted octanol–water partition coefficient (Wildman–Crippen LogP) is 2.96. The fourth-order valence-electron chi connectivity index (χ4n) is 1.10. The summed E-state index contributed by atoms with van der Waals surface area (Å²) in [7, 11) is 0. The third-order valence-corrected chi connectivity index (χ3v) is 2.67. The highest BCUT2D eigenvalue weighted by Crippen LogP contribution is 2.36. The van der Waals surface area contributed by atoms with Gasteiger partial charge in [-0.25, -0.2) is 0 Å². The van der Waals surface area contributed by atoms with E-state index in [1.807, 2.05) is 0 Å². The first-order chi connectivity index (χ1) is 5.82. The Kier molecular flexibility index (Phi) is 2.68. The number of alkyl halides is 3. The molecule has 1 atom stereocenters. The first-order valence-corrected chi connectivity index (χ1v) is 4.45. The molecule has 1 aromatic rings. The van der Waals surface area contributed by atoms with Gasteiger partial charge in [-0.15, -0.1) is 11.3 Å². The second-order valence-electron chi connectivity index (χ2n) is 2.81. The molecule has 0 aliphatic rings. The highest BCUT2D eigenvalue weighted by atomic mass is 32.1. The van der Waals surface area contributed by atoms with Crippen molar-refractivity contribution in [3.8, 4) is 0 Å². The van der Waals surface area contributed by atoms with E-state index in [4.69, 9.17) is 5.11 Å². The minimum absolute atomic E-state index is 0.0324. The lowest BCUT2D eigenvalue weighted by molar-refractivity contribution is -0.206. The number of hydrogen-bond acceptors (Lipinski definition) is 2. The van der Waals surface area contributed by atoms with Crippen LogP contribution in [0.25, 0.3) is 0 Å². The molecule has 0 unspecified atom stereocenters. The fourth-order valence-corrected chi connectivity index (χ4v) is 2.06. The molecule has 13 heavy (non-hydrogen) atoms. The maximum absolute atomic E-state index is 12.1.